The number of imidazole rings is 1. The molecule has 0 atom stereocenters. The van der Waals surface area contributed by atoms with Crippen molar-refractivity contribution in [2.75, 3.05) is 19.4 Å². The first-order chi connectivity index (χ1) is 8.93. The molecule has 1 heterocycles. The Labute approximate surface area is 112 Å². The molecule has 0 unspecified atom stereocenters. The van der Waals surface area contributed by atoms with Crippen molar-refractivity contribution in [1.82, 2.24) is 9.55 Å². The van der Waals surface area contributed by atoms with Gasteiger partial charge in [0.15, 0.2) is 9.84 Å². The van der Waals surface area contributed by atoms with Gasteiger partial charge in [-0.2, -0.15) is 0 Å². The van der Waals surface area contributed by atoms with Crippen LogP contribution in [0.1, 0.15) is 5.82 Å². The third-order valence-corrected chi connectivity index (χ3v) is 3.98. The van der Waals surface area contributed by atoms with E-state index in [0.29, 0.717) is 25.3 Å². The highest BCUT2D eigenvalue weighted by Gasteiger charge is 2.12. The Balaban J connectivity index is 2.40. The number of ether oxygens (including phenoxy) is 1. The maximum atomic E-state index is 11.5. The van der Waals surface area contributed by atoms with E-state index in [-0.39, 0.29) is 4.90 Å². The van der Waals surface area contributed by atoms with Gasteiger partial charge in [-0.05, 0) is 18.2 Å². The zero-order valence-corrected chi connectivity index (χ0v) is 11.8. The fourth-order valence-corrected chi connectivity index (χ4v) is 2.48. The zero-order valence-electron chi connectivity index (χ0n) is 11.0. The normalized spacial score (nSPS) is 12.2. The van der Waals surface area contributed by atoms with Crippen LogP contribution in [0.25, 0.3) is 11.0 Å². The van der Waals surface area contributed by atoms with E-state index in [9.17, 15) is 8.42 Å². The average molecular weight is 283 g/mol. The molecule has 0 radical (unpaired) electrons. The number of rotatable bonds is 5. The highest BCUT2D eigenvalue weighted by atomic mass is 32.2. The van der Waals surface area contributed by atoms with E-state index in [1.165, 1.54) is 6.26 Å². The van der Waals surface area contributed by atoms with Gasteiger partial charge in [0.05, 0.1) is 22.5 Å². The van der Waals surface area contributed by atoms with Crippen LogP contribution in [0.3, 0.4) is 0 Å². The molecule has 19 heavy (non-hydrogen) atoms. The standard InChI is InChI=1S/C12H17N3O3S/c1-15-11-4-3-9(19(2,16)17)7-10(11)14-12(15)8-18-6-5-13/h3-4,7H,5-6,8,13H2,1-2H3. The van der Waals surface area contributed by atoms with Crippen molar-refractivity contribution in [1.29, 1.82) is 0 Å². The van der Waals surface area contributed by atoms with Crippen LogP contribution < -0.4 is 5.73 Å². The van der Waals surface area contributed by atoms with E-state index in [4.69, 9.17) is 10.5 Å². The first-order valence-electron chi connectivity index (χ1n) is 5.86. The van der Waals surface area contributed by atoms with Gasteiger partial charge in [0.25, 0.3) is 0 Å². The first kappa shape index (κ1) is 14.0. The summed E-state index contributed by atoms with van der Waals surface area (Å²) in [6.07, 6.45) is 1.18. The van der Waals surface area contributed by atoms with Crippen LogP contribution in [0.15, 0.2) is 23.1 Å². The number of sulfone groups is 1. The van der Waals surface area contributed by atoms with Gasteiger partial charge in [-0.15, -0.1) is 0 Å². The Morgan fingerprint density at radius 2 is 2.16 bits per heavy atom. The number of nitrogens with two attached hydrogens (primary N) is 1. The Morgan fingerprint density at radius 1 is 1.42 bits per heavy atom. The van der Waals surface area contributed by atoms with E-state index < -0.39 is 9.84 Å². The van der Waals surface area contributed by atoms with Crippen molar-refractivity contribution in [3.63, 3.8) is 0 Å². The van der Waals surface area contributed by atoms with Crippen LogP contribution in [-0.4, -0.2) is 37.4 Å². The zero-order chi connectivity index (χ0) is 14.0. The lowest BCUT2D eigenvalue weighted by Gasteiger charge is -2.03. The molecule has 2 N–H and O–H groups in total. The molecule has 2 aromatic rings. The van der Waals surface area contributed by atoms with Gasteiger partial charge in [-0.25, -0.2) is 13.4 Å². The lowest BCUT2D eigenvalue weighted by Crippen LogP contribution is -2.10. The van der Waals surface area contributed by atoms with Crippen LogP contribution in [0, 0.1) is 0 Å². The lowest BCUT2D eigenvalue weighted by atomic mass is 10.3. The Morgan fingerprint density at radius 3 is 2.79 bits per heavy atom. The molecule has 0 aliphatic carbocycles. The van der Waals surface area contributed by atoms with Crippen molar-refractivity contribution in [2.45, 2.75) is 11.5 Å². The number of aromatic nitrogens is 2. The topological polar surface area (TPSA) is 87.2 Å². The van der Waals surface area contributed by atoms with Crippen molar-refractivity contribution >= 4 is 20.9 Å². The SMILES string of the molecule is Cn1c(COCCN)nc2cc(S(C)(=O)=O)ccc21. The quantitative estimate of drug-likeness (QED) is 0.805. The van der Waals surface area contributed by atoms with Gasteiger partial charge in [0.2, 0.25) is 0 Å². The predicted molar refractivity (Wildman–Crippen MR) is 72.5 cm³/mol. The molecule has 0 aliphatic rings. The summed E-state index contributed by atoms with van der Waals surface area (Å²) < 4.78 is 30.2. The molecule has 0 spiro atoms. The molecular weight excluding hydrogens is 266 g/mol. The summed E-state index contributed by atoms with van der Waals surface area (Å²) in [6.45, 7) is 1.29. The molecule has 0 amide bonds. The van der Waals surface area contributed by atoms with E-state index >= 15 is 0 Å². The maximum Gasteiger partial charge on any atom is 0.175 e. The summed E-state index contributed by atoms with van der Waals surface area (Å²) in [6, 6.07) is 4.92. The smallest absolute Gasteiger partial charge is 0.175 e. The second-order valence-corrected chi connectivity index (χ2v) is 6.37. The van der Waals surface area contributed by atoms with E-state index in [1.807, 2.05) is 11.6 Å². The number of hydrogen-bond acceptors (Lipinski definition) is 5. The molecule has 0 bridgehead atoms. The minimum absolute atomic E-state index is 0.271. The van der Waals surface area contributed by atoms with Crippen LogP contribution in [0.4, 0.5) is 0 Å². The summed E-state index contributed by atoms with van der Waals surface area (Å²) >= 11 is 0. The Kier molecular flexibility index (Phi) is 3.88. The molecule has 6 nitrogen and oxygen atoms in total. The number of nitrogens with zero attached hydrogens (tertiary/aromatic N) is 2. The third kappa shape index (κ3) is 2.94. The molecule has 0 saturated carbocycles. The van der Waals surface area contributed by atoms with Crippen molar-refractivity contribution in [2.24, 2.45) is 12.8 Å². The van der Waals surface area contributed by atoms with E-state index in [2.05, 4.69) is 4.98 Å². The van der Waals surface area contributed by atoms with Crippen molar-refractivity contribution in [3.8, 4) is 0 Å². The first-order valence-corrected chi connectivity index (χ1v) is 7.76. The van der Waals surface area contributed by atoms with Gasteiger partial charge < -0.3 is 15.0 Å². The fourth-order valence-electron chi connectivity index (χ4n) is 1.84. The second-order valence-electron chi connectivity index (χ2n) is 4.35. The van der Waals surface area contributed by atoms with Crippen LogP contribution in [0.2, 0.25) is 0 Å². The maximum absolute atomic E-state index is 11.5. The number of hydrogen-bond donors (Lipinski definition) is 1. The van der Waals surface area contributed by atoms with Gasteiger partial charge in [-0.1, -0.05) is 0 Å². The molecule has 0 fully saturated rings. The lowest BCUT2D eigenvalue weighted by molar-refractivity contribution is 0.121. The summed E-state index contributed by atoms with van der Waals surface area (Å²) in [5.74, 6) is 0.745. The molecular formula is C12H17N3O3S. The fraction of sp³-hybridized carbons (Fsp3) is 0.417. The molecule has 104 valence electrons. The predicted octanol–water partition coefficient (Wildman–Crippen LogP) is 0.452. The molecule has 2 rings (SSSR count). The van der Waals surface area contributed by atoms with E-state index in [1.54, 1.807) is 18.2 Å². The average Bonchev–Trinajstić information content (AvgIpc) is 2.65. The summed E-state index contributed by atoms with van der Waals surface area (Å²) in [5, 5.41) is 0. The van der Waals surface area contributed by atoms with E-state index in [0.717, 1.165) is 11.3 Å². The van der Waals surface area contributed by atoms with Gasteiger partial charge in [0, 0.05) is 19.8 Å². The number of aryl methyl sites for hydroxylation is 1. The van der Waals surface area contributed by atoms with Gasteiger partial charge in [0.1, 0.15) is 12.4 Å². The molecule has 1 aromatic carbocycles. The van der Waals surface area contributed by atoms with Crippen molar-refractivity contribution < 1.29 is 13.2 Å². The number of fused-ring (bicyclic) bond motifs is 1. The van der Waals surface area contributed by atoms with Crippen molar-refractivity contribution in [3.05, 3.63) is 24.0 Å². The highest BCUT2D eigenvalue weighted by Crippen LogP contribution is 2.19. The molecule has 7 heteroatoms. The minimum atomic E-state index is -3.22. The Bertz CT molecular complexity index is 692. The molecule has 1 aromatic heterocycles. The summed E-state index contributed by atoms with van der Waals surface area (Å²) in [7, 11) is -1.34. The largest absolute Gasteiger partial charge is 0.372 e. The van der Waals surface area contributed by atoms with Gasteiger partial charge in [-0.3, -0.25) is 0 Å². The molecule has 0 saturated heterocycles. The van der Waals surface area contributed by atoms with Crippen LogP contribution in [-0.2, 0) is 28.2 Å². The van der Waals surface area contributed by atoms with Crippen LogP contribution in [0.5, 0.6) is 0 Å². The highest BCUT2D eigenvalue weighted by molar-refractivity contribution is 7.90. The third-order valence-electron chi connectivity index (χ3n) is 2.87. The number of benzene rings is 1. The Hall–Kier alpha value is -1.44. The second kappa shape index (κ2) is 5.28. The minimum Gasteiger partial charge on any atom is -0.372 e. The summed E-state index contributed by atoms with van der Waals surface area (Å²) in [4.78, 5) is 4.66. The van der Waals surface area contributed by atoms with Gasteiger partial charge >= 0.3 is 0 Å². The van der Waals surface area contributed by atoms with Crippen LogP contribution >= 0.6 is 0 Å². The monoisotopic (exact) mass is 283 g/mol. The molecule has 0 aliphatic heterocycles. The summed E-state index contributed by atoms with van der Waals surface area (Å²) in [5.41, 5.74) is 6.88.